The van der Waals surface area contributed by atoms with Crippen LogP contribution in [0.5, 0.6) is 0 Å². The third-order valence-electron chi connectivity index (χ3n) is 1.63. The molecular weight excluding hydrogens is 213 g/mol. The second-order valence-electron chi connectivity index (χ2n) is 2.93. The summed E-state index contributed by atoms with van der Waals surface area (Å²) in [5.74, 6) is 0.437. The van der Waals surface area contributed by atoms with E-state index in [1.165, 1.54) is 24.0 Å². The zero-order valence-corrected chi connectivity index (χ0v) is 9.26. The van der Waals surface area contributed by atoms with Gasteiger partial charge in [0.1, 0.15) is 5.82 Å². The van der Waals surface area contributed by atoms with E-state index in [9.17, 15) is 9.18 Å². The van der Waals surface area contributed by atoms with Gasteiger partial charge in [0.25, 0.3) is 0 Å². The number of aromatic nitrogens is 1. The van der Waals surface area contributed by atoms with Crippen LogP contribution in [0.4, 0.5) is 4.39 Å². The van der Waals surface area contributed by atoms with Gasteiger partial charge in [-0.3, -0.25) is 9.78 Å². The molecule has 1 aromatic rings. The summed E-state index contributed by atoms with van der Waals surface area (Å²) in [6, 6.07) is 2.99. The Morgan fingerprint density at radius 2 is 2.40 bits per heavy atom. The number of carbonyl (C=O) groups is 1. The highest BCUT2D eigenvalue weighted by Gasteiger charge is 1.92. The number of pyridine rings is 1. The van der Waals surface area contributed by atoms with Gasteiger partial charge < -0.3 is 0 Å². The van der Waals surface area contributed by atoms with E-state index >= 15 is 0 Å². The zero-order chi connectivity index (χ0) is 11.1. The molecular formula is C11H12FNOS. The molecule has 0 saturated carbocycles. The Bertz CT molecular complexity index is 348. The third-order valence-corrected chi connectivity index (χ3v) is 2.48. The van der Waals surface area contributed by atoms with Gasteiger partial charge in [0.2, 0.25) is 0 Å². The lowest BCUT2D eigenvalue weighted by Crippen LogP contribution is -1.84. The minimum atomic E-state index is -0.334. The molecule has 15 heavy (non-hydrogen) atoms. The molecule has 1 aromatic heterocycles. The summed E-state index contributed by atoms with van der Waals surface area (Å²) in [5, 5.41) is 0.128. The second-order valence-corrected chi connectivity index (χ2v) is 4.20. The lowest BCUT2D eigenvalue weighted by atomic mass is 10.3. The second kappa shape index (κ2) is 6.35. The van der Waals surface area contributed by atoms with E-state index < -0.39 is 0 Å². The third kappa shape index (κ3) is 5.32. The Morgan fingerprint density at radius 3 is 3.00 bits per heavy atom. The van der Waals surface area contributed by atoms with Gasteiger partial charge in [-0.05, 0) is 24.6 Å². The quantitative estimate of drug-likeness (QED) is 0.738. The van der Waals surface area contributed by atoms with Crippen LogP contribution in [0.15, 0.2) is 24.4 Å². The average molecular weight is 225 g/mol. The zero-order valence-electron chi connectivity index (χ0n) is 8.44. The molecule has 1 heterocycles. The fraction of sp³-hybridized carbons (Fsp3) is 0.273. The van der Waals surface area contributed by atoms with Crippen LogP contribution in [0.2, 0.25) is 0 Å². The van der Waals surface area contributed by atoms with Gasteiger partial charge in [-0.25, -0.2) is 4.39 Å². The lowest BCUT2D eigenvalue weighted by molar-refractivity contribution is -0.109. The smallest absolute Gasteiger partial charge is 0.185 e. The molecule has 0 radical (unpaired) electrons. The fourth-order valence-electron chi connectivity index (χ4n) is 0.961. The largest absolute Gasteiger partial charge is 0.288 e. The maximum absolute atomic E-state index is 12.5. The number of halogens is 1. The molecule has 0 N–H and O–H groups in total. The van der Waals surface area contributed by atoms with E-state index in [4.69, 9.17) is 0 Å². The molecule has 0 aliphatic rings. The maximum Gasteiger partial charge on any atom is 0.185 e. The Hall–Kier alpha value is -1.16. The predicted molar refractivity (Wildman–Crippen MR) is 61.0 cm³/mol. The molecule has 2 nitrogen and oxygen atoms in total. The minimum Gasteiger partial charge on any atom is -0.288 e. The number of hydrogen-bond donors (Lipinski definition) is 0. The van der Waals surface area contributed by atoms with E-state index in [-0.39, 0.29) is 10.9 Å². The van der Waals surface area contributed by atoms with Crippen LogP contribution in [0.25, 0.3) is 6.08 Å². The van der Waals surface area contributed by atoms with Crippen LogP contribution in [-0.4, -0.2) is 15.9 Å². The molecule has 0 bridgehead atoms. The molecule has 1 rings (SSSR count). The van der Waals surface area contributed by atoms with Crippen molar-refractivity contribution in [2.24, 2.45) is 0 Å². The molecule has 0 aliphatic carbocycles. The highest BCUT2D eigenvalue weighted by molar-refractivity contribution is 8.13. The molecule has 0 aliphatic heterocycles. The van der Waals surface area contributed by atoms with Gasteiger partial charge in [-0.15, -0.1) is 0 Å². The Balaban J connectivity index is 2.32. The minimum absolute atomic E-state index is 0.128. The highest BCUT2D eigenvalue weighted by Crippen LogP contribution is 2.05. The van der Waals surface area contributed by atoms with Crippen LogP contribution in [0, 0.1) is 5.82 Å². The van der Waals surface area contributed by atoms with Crippen LogP contribution in [-0.2, 0) is 4.79 Å². The van der Waals surface area contributed by atoms with E-state index in [1.54, 1.807) is 13.0 Å². The van der Waals surface area contributed by atoms with Crippen LogP contribution < -0.4 is 0 Å². The van der Waals surface area contributed by atoms with Crippen molar-refractivity contribution in [2.45, 2.75) is 13.3 Å². The lowest BCUT2D eigenvalue weighted by Gasteiger charge is -1.93. The number of rotatable bonds is 4. The number of allylic oxidation sites excluding steroid dienone is 1. The number of carbonyl (C=O) groups excluding carboxylic acids is 1. The molecule has 0 spiro atoms. The van der Waals surface area contributed by atoms with Crippen molar-refractivity contribution in [1.82, 2.24) is 4.98 Å². The van der Waals surface area contributed by atoms with Gasteiger partial charge >= 0.3 is 0 Å². The summed E-state index contributed by atoms with van der Waals surface area (Å²) in [5.41, 5.74) is 0.726. The van der Waals surface area contributed by atoms with E-state index in [0.717, 1.165) is 17.9 Å². The topological polar surface area (TPSA) is 30.0 Å². The fourth-order valence-corrected chi connectivity index (χ4v) is 1.50. The first-order valence-electron chi connectivity index (χ1n) is 4.60. The van der Waals surface area contributed by atoms with Crippen LogP contribution in [0.1, 0.15) is 19.0 Å². The Labute approximate surface area is 92.6 Å². The highest BCUT2D eigenvalue weighted by atomic mass is 32.2. The molecule has 0 amide bonds. The monoisotopic (exact) mass is 225 g/mol. The number of thioether (sulfide) groups is 1. The summed E-state index contributed by atoms with van der Waals surface area (Å²) in [6.45, 7) is 1.55. The first kappa shape index (κ1) is 11.9. The van der Waals surface area contributed by atoms with E-state index in [2.05, 4.69) is 4.98 Å². The van der Waals surface area contributed by atoms with E-state index in [1.807, 2.05) is 12.2 Å². The van der Waals surface area contributed by atoms with Crippen molar-refractivity contribution < 1.29 is 9.18 Å². The molecule has 0 aromatic carbocycles. The summed E-state index contributed by atoms with van der Waals surface area (Å²) in [4.78, 5) is 14.5. The van der Waals surface area contributed by atoms with Gasteiger partial charge in [0.15, 0.2) is 5.12 Å². The average Bonchev–Trinajstić information content (AvgIpc) is 2.20. The van der Waals surface area contributed by atoms with Crippen molar-refractivity contribution >= 4 is 23.0 Å². The summed E-state index contributed by atoms with van der Waals surface area (Å²) in [7, 11) is 0. The van der Waals surface area contributed by atoms with Crippen LogP contribution in [0.3, 0.4) is 0 Å². The standard InChI is InChI=1S/C11H12FNOS/c1-9(14)15-7-3-2-4-11-6-5-10(12)8-13-11/h2,4-6,8H,3,7H2,1H3. The Kier molecular flexibility index (Phi) is 5.04. The summed E-state index contributed by atoms with van der Waals surface area (Å²) < 4.78 is 12.5. The molecule has 0 fully saturated rings. The van der Waals surface area contributed by atoms with Gasteiger partial charge in [-0.2, -0.15) is 0 Å². The SMILES string of the molecule is CC(=O)SCCC=Cc1ccc(F)cn1. The van der Waals surface area contributed by atoms with E-state index in [0.29, 0.717) is 0 Å². The molecule has 4 heteroatoms. The van der Waals surface area contributed by atoms with Crippen molar-refractivity contribution in [1.29, 1.82) is 0 Å². The van der Waals surface area contributed by atoms with Crippen molar-refractivity contribution in [3.63, 3.8) is 0 Å². The summed E-state index contributed by atoms with van der Waals surface area (Å²) >= 11 is 1.30. The predicted octanol–water partition coefficient (Wildman–Crippen LogP) is 2.90. The number of nitrogens with zero attached hydrogens (tertiary/aromatic N) is 1. The van der Waals surface area contributed by atoms with Crippen LogP contribution >= 0.6 is 11.8 Å². The first-order chi connectivity index (χ1) is 7.18. The molecule has 0 atom stereocenters. The molecule has 0 unspecified atom stereocenters. The molecule has 80 valence electrons. The van der Waals surface area contributed by atoms with Crippen molar-refractivity contribution in [3.05, 3.63) is 35.9 Å². The normalized spacial score (nSPS) is 10.8. The number of hydrogen-bond acceptors (Lipinski definition) is 3. The Morgan fingerprint density at radius 1 is 1.60 bits per heavy atom. The van der Waals surface area contributed by atoms with Gasteiger partial charge in [-0.1, -0.05) is 17.8 Å². The van der Waals surface area contributed by atoms with Crippen molar-refractivity contribution in [3.8, 4) is 0 Å². The van der Waals surface area contributed by atoms with Gasteiger partial charge in [0.05, 0.1) is 11.9 Å². The van der Waals surface area contributed by atoms with Gasteiger partial charge in [0, 0.05) is 12.7 Å². The maximum atomic E-state index is 12.5. The first-order valence-corrected chi connectivity index (χ1v) is 5.58. The molecule has 0 saturated heterocycles. The summed E-state index contributed by atoms with van der Waals surface area (Å²) in [6.07, 6.45) is 5.74. The van der Waals surface area contributed by atoms with Crippen molar-refractivity contribution in [2.75, 3.05) is 5.75 Å².